The summed E-state index contributed by atoms with van der Waals surface area (Å²) in [6.07, 6.45) is 3.41. The SMILES string of the molecule is COCC1(CNC(=O)C(C(C)C)N2CCCC2=O)CCNCC1.Cl. The van der Waals surface area contributed by atoms with Crippen molar-refractivity contribution in [3.63, 3.8) is 0 Å². The minimum atomic E-state index is -0.355. The monoisotopic (exact) mass is 361 g/mol. The molecule has 140 valence electrons. The molecule has 2 aliphatic heterocycles. The first-order valence-corrected chi connectivity index (χ1v) is 8.76. The van der Waals surface area contributed by atoms with E-state index in [-0.39, 0.29) is 41.6 Å². The van der Waals surface area contributed by atoms with Gasteiger partial charge >= 0.3 is 0 Å². The lowest BCUT2D eigenvalue weighted by Gasteiger charge is -2.38. The number of likely N-dealkylation sites (tertiary alicyclic amines) is 1. The van der Waals surface area contributed by atoms with Gasteiger partial charge in [0.2, 0.25) is 11.8 Å². The quantitative estimate of drug-likeness (QED) is 0.714. The predicted molar refractivity (Wildman–Crippen MR) is 96.2 cm³/mol. The van der Waals surface area contributed by atoms with Crippen LogP contribution in [-0.4, -0.2) is 62.7 Å². The van der Waals surface area contributed by atoms with Gasteiger partial charge in [0, 0.05) is 32.0 Å². The molecule has 1 atom stereocenters. The van der Waals surface area contributed by atoms with Crippen LogP contribution >= 0.6 is 12.4 Å². The lowest BCUT2D eigenvalue weighted by Crippen LogP contribution is -2.54. The minimum Gasteiger partial charge on any atom is -0.384 e. The molecular weight excluding hydrogens is 330 g/mol. The van der Waals surface area contributed by atoms with E-state index in [0.717, 1.165) is 32.4 Å². The number of ether oxygens (including phenoxy) is 1. The number of nitrogens with zero attached hydrogens (tertiary/aromatic N) is 1. The number of piperidine rings is 1. The average molecular weight is 362 g/mol. The van der Waals surface area contributed by atoms with Crippen LogP contribution in [0.25, 0.3) is 0 Å². The van der Waals surface area contributed by atoms with Crippen molar-refractivity contribution in [2.75, 3.05) is 39.9 Å². The summed E-state index contributed by atoms with van der Waals surface area (Å²) in [5, 5.41) is 6.47. The number of hydrogen-bond acceptors (Lipinski definition) is 4. The zero-order chi connectivity index (χ0) is 16.9. The highest BCUT2D eigenvalue weighted by Crippen LogP contribution is 2.28. The third-order valence-electron chi connectivity index (χ3n) is 5.10. The molecule has 0 spiro atoms. The molecule has 0 aromatic carbocycles. The van der Waals surface area contributed by atoms with Gasteiger partial charge in [0.1, 0.15) is 6.04 Å². The molecule has 2 N–H and O–H groups in total. The van der Waals surface area contributed by atoms with Crippen molar-refractivity contribution in [3.8, 4) is 0 Å². The number of nitrogens with one attached hydrogen (secondary N) is 2. The van der Waals surface area contributed by atoms with E-state index in [1.165, 1.54) is 0 Å². The Morgan fingerprint density at radius 1 is 1.38 bits per heavy atom. The fraction of sp³-hybridized carbons (Fsp3) is 0.882. The van der Waals surface area contributed by atoms with Crippen LogP contribution in [0.4, 0.5) is 0 Å². The van der Waals surface area contributed by atoms with E-state index in [9.17, 15) is 9.59 Å². The van der Waals surface area contributed by atoms with Gasteiger partial charge in [0.15, 0.2) is 0 Å². The normalized spacial score (nSPS) is 21.5. The Labute approximate surface area is 151 Å². The van der Waals surface area contributed by atoms with Crippen molar-refractivity contribution < 1.29 is 14.3 Å². The Bertz CT molecular complexity index is 420. The predicted octanol–water partition coefficient (Wildman–Crippen LogP) is 1.19. The van der Waals surface area contributed by atoms with Crippen molar-refractivity contribution >= 4 is 24.2 Å². The Morgan fingerprint density at radius 3 is 2.54 bits per heavy atom. The number of carbonyl (C=O) groups excluding carboxylic acids is 2. The Kier molecular flexibility index (Phi) is 8.46. The summed E-state index contributed by atoms with van der Waals surface area (Å²) in [6.45, 7) is 7.89. The zero-order valence-corrected chi connectivity index (χ0v) is 15.9. The molecule has 7 heteroatoms. The van der Waals surface area contributed by atoms with Crippen molar-refractivity contribution in [1.29, 1.82) is 0 Å². The molecule has 0 aromatic rings. The maximum absolute atomic E-state index is 12.7. The summed E-state index contributed by atoms with van der Waals surface area (Å²) in [6, 6.07) is -0.355. The Morgan fingerprint density at radius 2 is 2.04 bits per heavy atom. The second-order valence-corrected chi connectivity index (χ2v) is 7.28. The number of carbonyl (C=O) groups is 2. The number of amides is 2. The first kappa shape index (κ1) is 21.2. The standard InChI is InChI=1S/C17H31N3O3.ClH/c1-13(2)15(20-10-4-5-14(20)21)16(22)19-11-17(12-23-3)6-8-18-9-7-17;/h13,15,18H,4-12H2,1-3H3,(H,19,22);1H. The van der Waals surface area contributed by atoms with Crippen LogP contribution in [0, 0.1) is 11.3 Å². The fourth-order valence-electron chi connectivity index (χ4n) is 3.78. The first-order chi connectivity index (χ1) is 11.0. The summed E-state index contributed by atoms with van der Waals surface area (Å²) in [4.78, 5) is 26.5. The van der Waals surface area contributed by atoms with Gasteiger partial charge in [-0.25, -0.2) is 0 Å². The van der Waals surface area contributed by atoms with E-state index < -0.39 is 0 Å². The second kappa shape index (κ2) is 9.59. The van der Waals surface area contributed by atoms with Gasteiger partial charge in [-0.3, -0.25) is 9.59 Å². The van der Waals surface area contributed by atoms with E-state index >= 15 is 0 Å². The Hall–Kier alpha value is -0.850. The highest BCUT2D eigenvalue weighted by molar-refractivity contribution is 5.88. The molecule has 2 heterocycles. The topological polar surface area (TPSA) is 70.7 Å². The molecule has 0 radical (unpaired) electrons. The summed E-state index contributed by atoms with van der Waals surface area (Å²) in [5.41, 5.74) is 0.00616. The molecule has 2 rings (SSSR count). The van der Waals surface area contributed by atoms with Gasteiger partial charge in [-0.2, -0.15) is 0 Å². The molecule has 0 aromatic heterocycles. The zero-order valence-electron chi connectivity index (χ0n) is 15.1. The van der Waals surface area contributed by atoms with Crippen LogP contribution in [0.15, 0.2) is 0 Å². The highest BCUT2D eigenvalue weighted by Gasteiger charge is 2.37. The first-order valence-electron chi connectivity index (χ1n) is 8.76. The summed E-state index contributed by atoms with van der Waals surface area (Å²) in [5.74, 6) is 0.194. The lowest BCUT2D eigenvalue weighted by molar-refractivity contribution is -0.139. The van der Waals surface area contributed by atoms with E-state index in [1.807, 2.05) is 13.8 Å². The minimum absolute atomic E-state index is 0. The highest BCUT2D eigenvalue weighted by atomic mass is 35.5. The maximum Gasteiger partial charge on any atom is 0.243 e. The smallest absolute Gasteiger partial charge is 0.243 e. The molecule has 2 fully saturated rings. The maximum atomic E-state index is 12.7. The summed E-state index contributed by atoms with van der Waals surface area (Å²) in [7, 11) is 1.71. The number of halogens is 1. The molecule has 2 amide bonds. The number of methoxy groups -OCH3 is 1. The molecule has 2 aliphatic rings. The molecule has 24 heavy (non-hydrogen) atoms. The third-order valence-corrected chi connectivity index (χ3v) is 5.10. The molecule has 2 saturated heterocycles. The van der Waals surface area contributed by atoms with Crippen LogP contribution in [0.3, 0.4) is 0 Å². The van der Waals surface area contributed by atoms with Gasteiger partial charge in [0.25, 0.3) is 0 Å². The van der Waals surface area contributed by atoms with Crippen LogP contribution < -0.4 is 10.6 Å². The van der Waals surface area contributed by atoms with Gasteiger partial charge in [-0.05, 0) is 38.3 Å². The van der Waals surface area contributed by atoms with Crippen LogP contribution in [0.2, 0.25) is 0 Å². The molecule has 1 unspecified atom stereocenters. The summed E-state index contributed by atoms with van der Waals surface area (Å²) < 4.78 is 5.40. The van der Waals surface area contributed by atoms with Crippen molar-refractivity contribution in [2.24, 2.45) is 11.3 Å². The van der Waals surface area contributed by atoms with E-state index in [2.05, 4.69) is 10.6 Å². The largest absolute Gasteiger partial charge is 0.384 e. The van der Waals surface area contributed by atoms with Gasteiger partial charge in [0.05, 0.1) is 6.61 Å². The van der Waals surface area contributed by atoms with Crippen LogP contribution in [-0.2, 0) is 14.3 Å². The van der Waals surface area contributed by atoms with E-state index in [4.69, 9.17) is 4.74 Å². The van der Waals surface area contributed by atoms with E-state index in [0.29, 0.717) is 26.1 Å². The van der Waals surface area contributed by atoms with E-state index in [1.54, 1.807) is 12.0 Å². The number of hydrogen-bond donors (Lipinski definition) is 2. The molecule has 0 saturated carbocycles. The van der Waals surface area contributed by atoms with Crippen molar-refractivity contribution in [1.82, 2.24) is 15.5 Å². The average Bonchev–Trinajstić information content (AvgIpc) is 2.92. The molecule has 0 aliphatic carbocycles. The second-order valence-electron chi connectivity index (χ2n) is 7.28. The molecular formula is C17H32ClN3O3. The van der Waals surface area contributed by atoms with Crippen LogP contribution in [0.1, 0.15) is 39.5 Å². The third kappa shape index (κ3) is 5.07. The lowest BCUT2D eigenvalue weighted by atomic mass is 9.79. The van der Waals surface area contributed by atoms with Crippen LogP contribution in [0.5, 0.6) is 0 Å². The fourth-order valence-corrected chi connectivity index (χ4v) is 3.78. The van der Waals surface area contributed by atoms with Gasteiger partial charge in [-0.15, -0.1) is 12.4 Å². The van der Waals surface area contributed by atoms with Gasteiger partial charge in [-0.1, -0.05) is 13.8 Å². The van der Waals surface area contributed by atoms with Crippen molar-refractivity contribution in [3.05, 3.63) is 0 Å². The summed E-state index contributed by atoms with van der Waals surface area (Å²) >= 11 is 0. The van der Waals surface area contributed by atoms with Crippen molar-refractivity contribution in [2.45, 2.75) is 45.6 Å². The Balaban J connectivity index is 0.00000288. The number of rotatable bonds is 7. The van der Waals surface area contributed by atoms with Gasteiger partial charge < -0.3 is 20.3 Å². The molecule has 6 nitrogen and oxygen atoms in total. The molecule has 0 bridgehead atoms.